The standard InChI is InChI=1S/C14H23ClS/c1-3-5-8-14(4-2,12-15)9-6-13-7-10-16-11-13/h7,10-11H,3-6,8-9,12H2,1-2H3. The smallest absolute Gasteiger partial charge is 0.0280 e. The summed E-state index contributed by atoms with van der Waals surface area (Å²) in [5.74, 6) is 0.813. The molecule has 1 atom stereocenters. The summed E-state index contributed by atoms with van der Waals surface area (Å²) < 4.78 is 0. The summed E-state index contributed by atoms with van der Waals surface area (Å²) in [6.45, 7) is 4.54. The first-order chi connectivity index (χ1) is 7.76. The number of alkyl halides is 1. The molecule has 0 aliphatic rings. The van der Waals surface area contributed by atoms with Crippen molar-refractivity contribution in [3.05, 3.63) is 22.4 Å². The van der Waals surface area contributed by atoms with Gasteiger partial charge in [0.2, 0.25) is 0 Å². The molecular weight excluding hydrogens is 236 g/mol. The van der Waals surface area contributed by atoms with Crippen LogP contribution in [-0.4, -0.2) is 5.88 Å². The highest BCUT2D eigenvalue weighted by Gasteiger charge is 2.26. The van der Waals surface area contributed by atoms with Crippen LogP contribution in [0, 0.1) is 5.41 Å². The molecule has 1 heterocycles. The largest absolute Gasteiger partial charge is 0.152 e. The second-order valence-corrected chi connectivity index (χ2v) is 5.77. The summed E-state index contributed by atoms with van der Waals surface area (Å²) in [5, 5.41) is 4.42. The Kier molecular flexibility index (Phi) is 6.45. The third-order valence-electron chi connectivity index (χ3n) is 3.62. The first-order valence-electron chi connectivity index (χ1n) is 6.33. The van der Waals surface area contributed by atoms with E-state index in [-0.39, 0.29) is 0 Å². The molecule has 0 spiro atoms. The maximum absolute atomic E-state index is 6.20. The van der Waals surface area contributed by atoms with Crippen LogP contribution in [0.2, 0.25) is 0 Å². The highest BCUT2D eigenvalue weighted by Crippen LogP contribution is 2.35. The molecule has 1 aromatic rings. The molecule has 0 saturated carbocycles. The molecule has 0 aliphatic heterocycles. The molecule has 0 radical (unpaired) electrons. The lowest BCUT2D eigenvalue weighted by molar-refractivity contribution is 0.259. The van der Waals surface area contributed by atoms with E-state index in [9.17, 15) is 0 Å². The minimum absolute atomic E-state index is 0.375. The lowest BCUT2D eigenvalue weighted by Gasteiger charge is -2.30. The molecule has 1 rings (SSSR count). The number of unbranched alkanes of at least 4 members (excludes halogenated alkanes) is 1. The predicted molar refractivity (Wildman–Crippen MR) is 75.6 cm³/mol. The minimum atomic E-state index is 0.375. The van der Waals surface area contributed by atoms with E-state index in [0.717, 1.165) is 5.88 Å². The van der Waals surface area contributed by atoms with Crippen molar-refractivity contribution in [2.45, 2.75) is 52.4 Å². The molecule has 0 aliphatic carbocycles. The van der Waals surface area contributed by atoms with E-state index in [1.807, 2.05) is 0 Å². The number of thiophene rings is 1. The Morgan fingerprint density at radius 2 is 2.12 bits per heavy atom. The summed E-state index contributed by atoms with van der Waals surface area (Å²) >= 11 is 7.99. The van der Waals surface area contributed by atoms with E-state index in [4.69, 9.17) is 11.6 Å². The van der Waals surface area contributed by atoms with Gasteiger partial charge in [0.05, 0.1) is 0 Å². The maximum Gasteiger partial charge on any atom is 0.0280 e. The van der Waals surface area contributed by atoms with Crippen molar-refractivity contribution in [1.29, 1.82) is 0 Å². The van der Waals surface area contributed by atoms with Crippen molar-refractivity contribution in [2.75, 3.05) is 5.88 Å². The number of hydrogen-bond acceptors (Lipinski definition) is 1. The van der Waals surface area contributed by atoms with Crippen LogP contribution in [0.15, 0.2) is 16.8 Å². The van der Waals surface area contributed by atoms with Gasteiger partial charge >= 0.3 is 0 Å². The number of halogens is 1. The van der Waals surface area contributed by atoms with Gasteiger partial charge in [-0.25, -0.2) is 0 Å². The Hall–Kier alpha value is -0.0100. The third-order valence-corrected chi connectivity index (χ3v) is 4.92. The highest BCUT2D eigenvalue weighted by molar-refractivity contribution is 7.07. The van der Waals surface area contributed by atoms with Gasteiger partial charge < -0.3 is 0 Å². The molecule has 92 valence electrons. The van der Waals surface area contributed by atoms with Gasteiger partial charge in [0.1, 0.15) is 0 Å². The second kappa shape index (κ2) is 7.34. The minimum Gasteiger partial charge on any atom is -0.152 e. The van der Waals surface area contributed by atoms with Crippen LogP contribution in [0.5, 0.6) is 0 Å². The van der Waals surface area contributed by atoms with Gasteiger partial charge in [-0.1, -0.05) is 26.7 Å². The van der Waals surface area contributed by atoms with Crippen LogP contribution in [0.1, 0.15) is 51.5 Å². The average molecular weight is 259 g/mol. The molecule has 16 heavy (non-hydrogen) atoms. The fourth-order valence-electron chi connectivity index (χ4n) is 2.10. The fourth-order valence-corrected chi connectivity index (χ4v) is 3.26. The Bertz CT molecular complexity index is 262. The number of aryl methyl sites for hydroxylation is 1. The van der Waals surface area contributed by atoms with E-state index in [2.05, 4.69) is 30.7 Å². The average Bonchev–Trinajstić information content (AvgIpc) is 2.83. The second-order valence-electron chi connectivity index (χ2n) is 4.72. The zero-order chi connectivity index (χ0) is 11.9. The third kappa shape index (κ3) is 4.10. The van der Waals surface area contributed by atoms with Crippen molar-refractivity contribution >= 4 is 22.9 Å². The SMILES string of the molecule is CCCCC(CC)(CCl)CCc1ccsc1. The van der Waals surface area contributed by atoms with Crippen molar-refractivity contribution in [3.8, 4) is 0 Å². The predicted octanol–water partition coefficient (Wildman–Crippen LogP) is 5.51. The zero-order valence-electron chi connectivity index (χ0n) is 10.5. The zero-order valence-corrected chi connectivity index (χ0v) is 12.0. The summed E-state index contributed by atoms with van der Waals surface area (Å²) in [6.07, 6.45) is 7.51. The molecule has 1 unspecified atom stereocenters. The van der Waals surface area contributed by atoms with Crippen LogP contribution < -0.4 is 0 Å². The van der Waals surface area contributed by atoms with E-state index in [1.165, 1.54) is 44.1 Å². The van der Waals surface area contributed by atoms with Crippen LogP contribution in [-0.2, 0) is 6.42 Å². The number of rotatable bonds is 8. The molecule has 2 heteroatoms. The van der Waals surface area contributed by atoms with E-state index >= 15 is 0 Å². The molecule has 1 aromatic heterocycles. The molecular formula is C14H23ClS. The number of hydrogen-bond donors (Lipinski definition) is 0. The molecule has 0 nitrogen and oxygen atoms in total. The molecule has 0 aromatic carbocycles. The van der Waals surface area contributed by atoms with Crippen LogP contribution in [0.25, 0.3) is 0 Å². The summed E-state index contributed by atoms with van der Waals surface area (Å²) in [6, 6.07) is 2.24. The summed E-state index contributed by atoms with van der Waals surface area (Å²) in [5.41, 5.74) is 1.85. The van der Waals surface area contributed by atoms with Gasteiger partial charge in [0, 0.05) is 5.88 Å². The molecule has 0 N–H and O–H groups in total. The van der Waals surface area contributed by atoms with Crippen LogP contribution in [0.3, 0.4) is 0 Å². The van der Waals surface area contributed by atoms with Crippen LogP contribution in [0.4, 0.5) is 0 Å². The Labute approximate surface area is 109 Å². The first-order valence-corrected chi connectivity index (χ1v) is 7.81. The Balaban J connectivity index is 2.49. The van der Waals surface area contributed by atoms with E-state index in [1.54, 1.807) is 11.3 Å². The molecule has 0 bridgehead atoms. The van der Waals surface area contributed by atoms with Crippen molar-refractivity contribution in [1.82, 2.24) is 0 Å². The monoisotopic (exact) mass is 258 g/mol. The highest BCUT2D eigenvalue weighted by atomic mass is 35.5. The molecule has 0 saturated heterocycles. The fraction of sp³-hybridized carbons (Fsp3) is 0.714. The van der Waals surface area contributed by atoms with Crippen LogP contribution >= 0.6 is 22.9 Å². The maximum atomic E-state index is 6.20. The summed E-state index contributed by atoms with van der Waals surface area (Å²) in [7, 11) is 0. The van der Waals surface area contributed by atoms with Crippen molar-refractivity contribution in [2.24, 2.45) is 5.41 Å². The quantitative estimate of drug-likeness (QED) is 0.540. The van der Waals surface area contributed by atoms with Gasteiger partial charge in [-0.05, 0) is 53.5 Å². The Morgan fingerprint density at radius 3 is 2.62 bits per heavy atom. The first kappa shape index (κ1) is 14.1. The normalized spacial score (nSPS) is 14.9. The van der Waals surface area contributed by atoms with Gasteiger partial charge in [-0.3, -0.25) is 0 Å². The van der Waals surface area contributed by atoms with Crippen molar-refractivity contribution < 1.29 is 0 Å². The van der Waals surface area contributed by atoms with Gasteiger partial charge in [0.25, 0.3) is 0 Å². The van der Waals surface area contributed by atoms with Gasteiger partial charge in [-0.15, -0.1) is 11.6 Å². The lowest BCUT2D eigenvalue weighted by atomic mass is 9.77. The van der Waals surface area contributed by atoms with Crippen molar-refractivity contribution in [3.63, 3.8) is 0 Å². The molecule has 0 amide bonds. The van der Waals surface area contributed by atoms with Gasteiger partial charge in [-0.2, -0.15) is 11.3 Å². The molecule has 0 fully saturated rings. The van der Waals surface area contributed by atoms with E-state index < -0.39 is 0 Å². The summed E-state index contributed by atoms with van der Waals surface area (Å²) in [4.78, 5) is 0. The van der Waals surface area contributed by atoms with Gasteiger partial charge in [0.15, 0.2) is 0 Å². The topological polar surface area (TPSA) is 0 Å². The lowest BCUT2D eigenvalue weighted by Crippen LogP contribution is -2.23. The Morgan fingerprint density at radius 1 is 1.31 bits per heavy atom. The van der Waals surface area contributed by atoms with E-state index in [0.29, 0.717) is 5.41 Å².